The summed E-state index contributed by atoms with van der Waals surface area (Å²) in [7, 11) is 0. The Bertz CT molecular complexity index is 362. The van der Waals surface area contributed by atoms with Gasteiger partial charge < -0.3 is 10.1 Å². The highest BCUT2D eigenvalue weighted by atomic mass is 16.5. The number of aryl methyl sites for hydroxylation is 1. The number of benzene rings is 1. The van der Waals surface area contributed by atoms with Crippen LogP contribution in [0.25, 0.3) is 0 Å². The highest BCUT2D eigenvalue weighted by Crippen LogP contribution is 2.35. The normalized spacial score (nSPS) is 24.5. The number of hydrogen-bond donors (Lipinski definition) is 1. The van der Waals surface area contributed by atoms with Gasteiger partial charge in [-0.1, -0.05) is 38.1 Å². The molecule has 1 aromatic carbocycles. The van der Waals surface area contributed by atoms with Crippen molar-refractivity contribution < 1.29 is 4.74 Å². The summed E-state index contributed by atoms with van der Waals surface area (Å²) >= 11 is 0. The standard InChI is InChI=1S/C15H23NO/c1-11(2)16-10-13-8-9-17-15(13)14-7-5-4-6-12(14)3/h4-7,11,13,15-16H,8-10H2,1-3H3. The lowest BCUT2D eigenvalue weighted by Crippen LogP contribution is -2.30. The van der Waals surface area contributed by atoms with E-state index < -0.39 is 0 Å². The van der Waals surface area contributed by atoms with Gasteiger partial charge in [-0.25, -0.2) is 0 Å². The molecule has 2 rings (SSSR count). The topological polar surface area (TPSA) is 21.3 Å². The number of ether oxygens (including phenoxy) is 1. The monoisotopic (exact) mass is 233 g/mol. The molecule has 0 radical (unpaired) electrons. The van der Waals surface area contributed by atoms with Crippen LogP contribution in [0.1, 0.15) is 37.5 Å². The molecule has 1 heterocycles. The van der Waals surface area contributed by atoms with Crippen molar-refractivity contribution in [2.75, 3.05) is 13.2 Å². The van der Waals surface area contributed by atoms with E-state index in [9.17, 15) is 0 Å². The van der Waals surface area contributed by atoms with Gasteiger partial charge in [0.2, 0.25) is 0 Å². The Morgan fingerprint density at radius 1 is 1.35 bits per heavy atom. The van der Waals surface area contributed by atoms with Crippen LogP contribution >= 0.6 is 0 Å². The fraction of sp³-hybridized carbons (Fsp3) is 0.600. The Morgan fingerprint density at radius 3 is 2.82 bits per heavy atom. The van der Waals surface area contributed by atoms with E-state index in [0.29, 0.717) is 12.0 Å². The first kappa shape index (κ1) is 12.6. The van der Waals surface area contributed by atoms with Gasteiger partial charge >= 0.3 is 0 Å². The van der Waals surface area contributed by atoms with Crippen LogP contribution in [-0.4, -0.2) is 19.2 Å². The van der Waals surface area contributed by atoms with Crippen LogP contribution in [0.4, 0.5) is 0 Å². The zero-order valence-corrected chi connectivity index (χ0v) is 11.1. The predicted octanol–water partition coefficient (Wildman–Crippen LogP) is 3.07. The van der Waals surface area contributed by atoms with Crippen molar-refractivity contribution in [2.45, 2.75) is 39.3 Å². The van der Waals surface area contributed by atoms with E-state index >= 15 is 0 Å². The average molecular weight is 233 g/mol. The second-order valence-electron chi connectivity index (χ2n) is 5.26. The molecule has 0 amide bonds. The van der Waals surface area contributed by atoms with E-state index in [-0.39, 0.29) is 6.10 Å². The van der Waals surface area contributed by atoms with Crippen LogP contribution in [0.3, 0.4) is 0 Å². The lowest BCUT2D eigenvalue weighted by Gasteiger charge is -2.22. The molecule has 0 bridgehead atoms. The largest absolute Gasteiger partial charge is 0.373 e. The lowest BCUT2D eigenvalue weighted by molar-refractivity contribution is 0.0896. The van der Waals surface area contributed by atoms with E-state index in [4.69, 9.17) is 4.74 Å². The van der Waals surface area contributed by atoms with E-state index in [2.05, 4.69) is 50.4 Å². The molecule has 2 unspecified atom stereocenters. The first-order valence-corrected chi connectivity index (χ1v) is 6.59. The van der Waals surface area contributed by atoms with Gasteiger partial charge in [0.05, 0.1) is 6.10 Å². The van der Waals surface area contributed by atoms with Gasteiger partial charge in [-0.3, -0.25) is 0 Å². The quantitative estimate of drug-likeness (QED) is 0.863. The SMILES string of the molecule is Cc1ccccc1C1OCCC1CNC(C)C. The smallest absolute Gasteiger partial charge is 0.0868 e. The molecule has 0 aliphatic carbocycles. The van der Waals surface area contributed by atoms with Crippen LogP contribution in [0, 0.1) is 12.8 Å². The molecule has 17 heavy (non-hydrogen) atoms. The summed E-state index contributed by atoms with van der Waals surface area (Å²) in [6, 6.07) is 9.12. The van der Waals surface area contributed by atoms with Crippen LogP contribution in [0.15, 0.2) is 24.3 Å². The third-order valence-electron chi connectivity index (χ3n) is 3.50. The molecule has 0 spiro atoms. The number of hydrogen-bond acceptors (Lipinski definition) is 2. The van der Waals surface area contributed by atoms with Gasteiger partial charge in [0.25, 0.3) is 0 Å². The summed E-state index contributed by atoms with van der Waals surface area (Å²) in [6.45, 7) is 8.50. The second-order valence-corrected chi connectivity index (χ2v) is 5.26. The molecule has 1 N–H and O–H groups in total. The van der Waals surface area contributed by atoms with Gasteiger partial charge in [-0.2, -0.15) is 0 Å². The molecule has 1 saturated heterocycles. The molecule has 1 aromatic rings. The Kier molecular flexibility index (Phi) is 4.19. The maximum absolute atomic E-state index is 5.92. The van der Waals surface area contributed by atoms with Crippen molar-refractivity contribution in [1.29, 1.82) is 0 Å². The van der Waals surface area contributed by atoms with Crippen molar-refractivity contribution in [3.05, 3.63) is 35.4 Å². The Balaban J connectivity index is 2.07. The molecular weight excluding hydrogens is 210 g/mol. The molecule has 2 heteroatoms. The summed E-state index contributed by atoms with van der Waals surface area (Å²) < 4.78 is 5.92. The fourth-order valence-corrected chi connectivity index (χ4v) is 2.48. The second kappa shape index (κ2) is 5.65. The molecule has 1 aliphatic heterocycles. The Labute approximate surface area is 104 Å². The van der Waals surface area contributed by atoms with Crippen molar-refractivity contribution in [2.24, 2.45) is 5.92 Å². The highest BCUT2D eigenvalue weighted by Gasteiger charge is 2.30. The van der Waals surface area contributed by atoms with Crippen molar-refractivity contribution in [3.63, 3.8) is 0 Å². The summed E-state index contributed by atoms with van der Waals surface area (Å²) in [5, 5.41) is 3.53. The summed E-state index contributed by atoms with van der Waals surface area (Å²) in [5.41, 5.74) is 2.70. The summed E-state index contributed by atoms with van der Waals surface area (Å²) in [5.74, 6) is 0.610. The van der Waals surface area contributed by atoms with Gasteiger partial charge in [-0.05, 0) is 24.5 Å². The maximum Gasteiger partial charge on any atom is 0.0868 e. The van der Waals surface area contributed by atoms with Gasteiger partial charge in [0.15, 0.2) is 0 Å². The number of rotatable bonds is 4. The molecule has 1 fully saturated rings. The van der Waals surface area contributed by atoms with E-state index in [0.717, 1.165) is 13.2 Å². The molecule has 0 saturated carbocycles. The first-order valence-electron chi connectivity index (χ1n) is 6.59. The van der Waals surface area contributed by atoms with Crippen molar-refractivity contribution in [3.8, 4) is 0 Å². The molecule has 94 valence electrons. The summed E-state index contributed by atoms with van der Waals surface area (Å²) in [4.78, 5) is 0. The minimum absolute atomic E-state index is 0.280. The van der Waals surface area contributed by atoms with Crippen LogP contribution < -0.4 is 5.32 Å². The zero-order chi connectivity index (χ0) is 12.3. The first-order chi connectivity index (χ1) is 8.18. The minimum atomic E-state index is 0.280. The van der Waals surface area contributed by atoms with E-state index in [1.54, 1.807) is 0 Å². The predicted molar refractivity (Wildman–Crippen MR) is 71.1 cm³/mol. The van der Waals surface area contributed by atoms with Gasteiger partial charge in [0.1, 0.15) is 0 Å². The van der Waals surface area contributed by atoms with Crippen LogP contribution in [0.5, 0.6) is 0 Å². The third kappa shape index (κ3) is 3.08. The zero-order valence-electron chi connectivity index (χ0n) is 11.1. The van der Waals surface area contributed by atoms with E-state index in [1.165, 1.54) is 17.5 Å². The minimum Gasteiger partial charge on any atom is -0.373 e. The lowest BCUT2D eigenvalue weighted by atomic mass is 9.92. The summed E-state index contributed by atoms with van der Waals surface area (Å²) in [6.07, 6.45) is 1.45. The third-order valence-corrected chi connectivity index (χ3v) is 3.50. The molecular formula is C15H23NO. The van der Waals surface area contributed by atoms with Crippen molar-refractivity contribution >= 4 is 0 Å². The number of nitrogens with one attached hydrogen (secondary N) is 1. The van der Waals surface area contributed by atoms with Crippen LogP contribution in [0.2, 0.25) is 0 Å². The maximum atomic E-state index is 5.92. The average Bonchev–Trinajstić information content (AvgIpc) is 2.75. The molecule has 1 aliphatic rings. The van der Waals surface area contributed by atoms with E-state index in [1.807, 2.05) is 0 Å². The molecule has 2 nitrogen and oxygen atoms in total. The molecule has 0 aromatic heterocycles. The fourth-order valence-electron chi connectivity index (χ4n) is 2.48. The van der Waals surface area contributed by atoms with Crippen molar-refractivity contribution in [1.82, 2.24) is 5.32 Å². The van der Waals surface area contributed by atoms with Crippen LogP contribution in [-0.2, 0) is 4.74 Å². The van der Waals surface area contributed by atoms with Gasteiger partial charge in [0, 0.05) is 25.1 Å². The highest BCUT2D eigenvalue weighted by molar-refractivity contribution is 5.28. The Hall–Kier alpha value is -0.860. The Morgan fingerprint density at radius 2 is 2.12 bits per heavy atom. The molecule has 2 atom stereocenters. The van der Waals surface area contributed by atoms with Gasteiger partial charge in [-0.15, -0.1) is 0 Å².